The molecule has 5 rings (SSSR count). The number of anilines is 1. The van der Waals surface area contributed by atoms with E-state index in [-0.39, 0.29) is 0 Å². The third-order valence-corrected chi connectivity index (χ3v) is 6.00. The molecule has 0 aliphatic carbocycles. The van der Waals surface area contributed by atoms with E-state index in [1.165, 1.54) is 5.56 Å². The minimum Gasteiger partial charge on any atom is -0.494 e. The molecule has 1 saturated heterocycles. The van der Waals surface area contributed by atoms with E-state index in [4.69, 9.17) is 14.7 Å². The standard InChI is InChI=1S/C25H28N6O/c1-3-32-20-8-9-22-21(16-20)18(2)28-25(29-22)31-13-5-12-30(14-15-31)17-19-6-4-7-23-24(19)27-11-10-26-23/h4,6-11,16H,3,5,12-15,17H2,1-2H3. The minimum atomic E-state index is 0.652. The van der Waals surface area contributed by atoms with Crippen LogP contribution in [0.3, 0.4) is 0 Å². The predicted octanol–water partition coefficient (Wildman–Crippen LogP) is 3.99. The van der Waals surface area contributed by atoms with Crippen molar-refractivity contribution in [1.29, 1.82) is 0 Å². The van der Waals surface area contributed by atoms with Gasteiger partial charge in [0.05, 0.1) is 28.9 Å². The molecule has 0 atom stereocenters. The maximum absolute atomic E-state index is 5.64. The normalized spacial score (nSPS) is 15.2. The lowest BCUT2D eigenvalue weighted by Gasteiger charge is -2.23. The van der Waals surface area contributed by atoms with Gasteiger partial charge in [0, 0.05) is 50.5 Å². The van der Waals surface area contributed by atoms with Gasteiger partial charge in [0.25, 0.3) is 0 Å². The molecule has 164 valence electrons. The summed E-state index contributed by atoms with van der Waals surface area (Å²) in [6, 6.07) is 12.3. The summed E-state index contributed by atoms with van der Waals surface area (Å²) in [6.07, 6.45) is 4.59. The lowest BCUT2D eigenvalue weighted by molar-refractivity contribution is 0.286. The molecule has 0 spiro atoms. The van der Waals surface area contributed by atoms with Crippen molar-refractivity contribution >= 4 is 27.9 Å². The van der Waals surface area contributed by atoms with Crippen molar-refractivity contribution in [3.05, 3.63) is 60.0 Å². The fraction of sp³-hybridized carbons (Fsp3) is 0.360. The topological polar surface area (TPSA) is 67.3 Å². The first-order valence-electron chi connectivity index (χ1n) is 11.3. The van der Waals surface area contributed by atoms with Crippen LogP contribution in [0, 0.1) is 6.92 Å². The largest absolute Gasteiger partial charge is 0.494 e. The van der Waals surface area contributed by atoms with Crippen LogP contribution in [0.2, 0.25) is 0 Å². The number of fused-ring (bicyclic) bond motifs is 2. The molecule has 0 N–H and O–H groups in total. The lowest BCUT2D eigenvalue weighted by atomic mass is 10.1. The fourth-order valence-electron chi connectivity index (χ4n) is 4.39. The molecule has 1 fully saturated rings. The minimum absolute atomic E-state index is 0.652. The molecule has 1 aliphatic heterocycles. The van der Waals surface area contributed by atoms with E-state index < -0.39 is 0 Å². The molecule has 0 amide bonds. The number of aromatic nitrogens is 4. The third kappa shape index (κ3) is 4.21. The number of hydrogen-bond acceptors (Lipinski definition) is 7. The number of rotatable bonds is 5. The molecule has 0 radical (unpaired) electrons. The maximum Gasteiger partial charge on any atom is 0.226 e. The van der Waals surface area contributed by atoms with Crippen molar-refractivity contribution in [1.82, 2.24) is 24.8 Å². The van der Waals surface area contributed by atoms with E-state index in [2.05, 4.69) is 38.8 Å². The second-order valence-electron chi connectivity index (χ2n) is 8.18. The van der Waals surface area contributed by atoms with Gasteiger partial charge in [-0.15, -0.1) is 0 Å². The van der Waals surface area contributed by atoms with Crippen molar-refractivity contribution in [2.45, 2.75) is 26.8 Å². The van der Waals surface area contributed by atoms with Crippen LogP contribution in [-0.2, 0) is 6.54 Å². The summed E-state index contributed by atoms with van der Waals surface area (Å²) in [5, 5.41) is 1.05. The SMILES string of the molecule is CCOc1ccc2nc(N3CCCN(Cc4cccc5nccnc45)CC3)nc(C)c2c1. The Morgan fingerprint density at radius 3 is 2.75 bits per heavy atom. The van der Waals surface area contributed by atoms with Crippen molar-refractivity contribution in [3.8, 4) is 5.75 Å². The quantitative estimate of drug-likeness (QED) is 0.476. The molecule has 1 aliphatic rings. The predicted molar refractivity (Wildman–Crippen MR) is 127 cm³/mol. The summed E-state index contributed by atoms with van der Waals surface area (Å²) in [7, 11) is 0. The van der Waals surface area contributed by atoms with Gasteiger partial charge in [0.15, 0.2) is 0 Å². The van der Waals surface area contributed by atoms with Crippen molar-refractivity contribution < 1.29 is 4.74 Å². The molecule has 7 heteroatoms. The molecule has 0 unspecified atom stereocenters. The highest BCUT2D eigenvalue weighted by molar-refractivity contribution is 5.83. The second kappa shape index (κ2) is 9.04. The summed E-state index contributed by atoms with van der Waals surface area (Å²) in [6.45, 7) is 9.42. The van der Waals surface area contributed by atoms with Crippen LogP contribution in [-0.4, -0.2) is 57.6 Å². The van der Waals surface area contributed by atoms with Crippen LogP contribution >= 0.6 is 0 Å². The number of para-hydroxylation sites is 1. The maximum atomic E-state index is 5.64. The Morgan fingerprint density at radius 1 is 0.938 bits per heavy atom. The summed E-state index contributed by atoms with van der Waals surface area (Å²) in [5.41, 5.74) is 5.13. The van der Waals surface area contributed by atoms with Crippen LogP contribution in [0.5, 0.6) is 5.75 Å². The van der Waals surface area contributed by atoms with Crippen LogP contribution in [0.4, 0.5) is 5.95 Å². The van der Waals surface area contributed by atoms with Crippen LogP contribution in [0.25, 0.3) is 21.9 Å². The van der Waals surface area contributed by atoms with Gasteiger partial charge in [-0.3, -0.25) is 14.9 Å². The number of hydrogen-bond donors (Lipinski definition) is 0. The summed E-state index contributed by atoms with van der Waals surface area (Å²) in [4.78, 5) is 23.5. The first-order chi connectivity index (χ1) is 15.7. The van der Waals surface area contributed by atoms with Crippen LogP contribution < -0.4 is 9.64 Å². The van der Waals surface area contributed by atoms with Gasteiger partial charge in [-0.25, -0.2) is 9.97 Å². The second-order valence-corrected chi connectivity index (χ2v) is 8.18. The number of benzene rings is 2. The average molecular weight is 429 g/mol. The lowest BCUT2D eigenvalue weighted by Crippen LogP contribution is -2.31. The summed E-state index contributed by atoms with van der Waals surface area (Å²) < 4.78 is 5.64. The zero-order valence-corrected chi connectivity index (χ0v) is 18.7. The highest BCUT2D eigenvalue weighted by Gasteiger charge is 2.19. The molecule has 3 heterocycles. The molecule has 2 aromatic carbocycles. The Labute approximate surface area is 188 Å². The van der Waals surface area contributed by atoms with Crippen LogP contribution in [0.15, 0.2) is 48.8 Å². The van der Waals surface area contributed by atoms with Crippen molar-refractivity contribution in [3.63, 3.8) is 0 Å². The third-order valence-electron chi connectivity index (χ3n) is 6.00. The van der Waals surface area contributed by atoms with Gasteiger partial charge in [0.1, 0.15) is 5.75 Å². The Kier molecular flexibility index (Phi) is 5.81. The number of nitrogens with zero attached hydrogens (tertiary/aromatic N) is 6. The first-order valence-corrected chi connectivity index (χ1v) is 11.3. The smallest absolute Gasteiger partial charge is 0.226 e. The molecule has 7 nitrogen and oxygen atoms in total. The Balaban J connectivity index is 1.33. The van der Waals surface area contributed by atoms with Gasteiger partial charge in [-0.05, 0) is 50.1 Å². The van der Waals surface area contributed by atoms with Crippen molar-refractivity contribution in [2.24, 2.45) is 0 Å². The molecule has 0 saturated carbocycles. The molecule has 0 bridgehead atoms. The van der Waals surface area contributed by atoms with E-state index >= 15 is 0 Å². The Morgan fingerprint density at radius 2 is 1.84 bits per heavy atom. The number of aryl methyl sites for hydroxylation is 1. The highest BCUT2D eigenvalue weighted by Crippen LogP contribution is 2.25. The van der Waals surface area contributed by atoms with Gasteiger partial charge in [0.2, 0.25) is 5.95 Å². The average Bonchev–Trinajstić information content (AvgIpc) is 3.05. The zero-order valence-electron chi connectivity index (χ0n) is 18.7. The molecular weight excluding hydrogens is 400 g/mol. The van der Waals surface area contributed by atoms with Crippen LogP contribution in [0.1, 0.15) is 24.6 Å². The van der Waals surface area contributed by atoms with E-state index in [9.17, 15) is 0 Å². The van der Waals surface area contributed by atoms with Gasteiger partial charge in [-0.1, -0.05) is 12.1 Å². The molecule has 4 aromatic rings. The van der Waals surface area contributed by atoms with E-state index in [0.29, 0.717) is 6.61 Å². The number of ether oxygens (including phenoxy) is 1. The van der Waals surface area contributed by atoms with Gasteiger partial charge >= 0.3 is 0 Å². The zero-order chi connectivity index (χ0) is 21.9. The highest BCUT2D eigenvalue weighted by atomic mass is 16.5. The van der Waals surface area contributed by atoms with E-state index in [1.54, 1.807) is 12.4 Å². The van der Waals surface area contributed by atoms with E-state index in [0.717, 1.165) is 78.5 Å². The molecule has 32 heavy (non-hydrogen) atoms. The Hall–Kier alpha value is -3.32. The van der Waals surface area contributed by atoms with E-state index in [1.807, 2.05) is 31.2 Å². The molecule has 2 aromatic heterocycles. The van der Waals surface area contributed by atoms with Gasteiger partial charge in [-0.2, -0.15) is 0 Å². The fourth-order valence-corrected chi connectivity index (χ4v) is 4.39. The summed E-state index contributed by atoms with van der Waals surface area (Å²) in [5.74, 6) is 1.68. The summed E-state index contributed by atoms with van der Waals surface area (Å²) >= 11 is 0. The first kappa shape index (κ1) is 20.6. The Bertz CT molecular complexity index is 1240. The van der Waals surface area contributed by atoms with Gasteiger partial charge < -0.3 is 9.64 Å². The monoisotopic (exact) mass is 428 g/mol. The molecular formula is C25H28N6O. The van der Waals surface area contributed by atoms with Crippen molar-refractivity contribution in [2.75, 3.05) is 37.7 Å².